The van der Waals surface area contributed by atoms with Gasteiger partial charge in [0.1, 0.15) is 29.5 Å². The minimum atomic E-state index is -1.48. The predicted molar refractivity (Wildman–Crippen MR) is 189 cm³/mol. The van der Waals surface area contributed by atoms with Crippen molar-refractivity contribution in [1.82, 2.24) is 20.5 Å². The number of nitrogens with one attached hydrogen (secondary N) is 2. The van der Waals surface area contributed by atoms with E-state index in [0.717, 1.165) is 41.3 Å². The Morgan fingerprint density at radius 3 is 2.72 bits per heavy atom. The van der Waals surface area contributed by atoms with Crippen LogP contribution in [0.1, 0.15) is 63.9 Å². The highest BCUT2D eigenvalue weighted by Crippen LogP contribution is 2.45. The zero-order chi connectivity index (χ0) is 35.3. The van der Waals surface area contributed by atoms with Crippen LogP contribution < -0.4 is 15.4 Å². The van der Waals surface area contributed by atoms with Crippen LogP contribution in [0.25, 0.3) is 28.2 Å². The van der Waals surface area contributed by atoms with E-state index in [-0.39, 0.29) is 26.0 Å². The molecule has 2 aliphatic heterocycles. The number of benzene rings is 2. The van der Waals surface area contributed by atoms with E-state index in [4.69, 9.17) is 14.5 Å². The third-order valence-electron chi connectivity index (χ3n) is 9.78. The average molecular weight is 681 g/mol. The highest BCUT2D eigenvalue weighted by Gasteiger charge is 2.61. The normalized spacial score (nSPS) is 26.1. The van der Waals surface area contributed by atoms with Crippen molar-refractivity contribution in [3.63, 3.8) is 0 Å². The zero-order valence-corrected chi connectivity index (χ0v) is 28.3. The Labute approximate surface area is 291 Å². The first kappa shape index (κ1) is 34.7. The minimum absolute atomic E-state index is 0.0469. The number of hydrogen-bond acceptors (Lipinski definition) is 7. The number of rotatable bonds is 8. The third-order valence-corrected chi connectivity index (χ3v) is 9.78. The lowest BCUT2D eigenvalue weighted by Crippen LogP contribution is -2.56. The number of carbonyl (C=O) groups is 4. The molecular weight excluding hydrogens is 636 g/mol. The van der Waals surface area contributed by atoms with Gasteiger partial charge in [0.15, 0.2) is 0 Å². The topological polar surface area (TPSA) is 147 Å². The Morgan fingerprint density at radius 1 is 1.16 bits per heavy atom. The smallest absolute Gasteiger partial charge is 0.407 e. The third kappa shape index (κ3) is 7.51. The van der Waals surface area contributed by atoms with Gasteiger partial charge in [0.05, 0.1) is 24.4 Å². The van der Waals surface area contributed by atoms with Gasteiger partial charge in [-0.05, 0) is 49.8 Å². The average Bonchev–Trinajstić information content (AvgIpc) is 3.68. The monoisotopic (exact) mass is 680 g/mol. The maximum absolute atomic E-state index is 14.3. The van der Waals surface area contributed by atoms with Crippen LogP contribution in [-0.2, 0) is 19.1 Å². The number of allylic oxidation sites excluding steroid dienone is 1. The number of cyclic esters (lactones) is 1. The second kappa shape index (κ2) is 15.1. The highest BCUT2D eigenvalue weighted by molar-refractivity contribution is 5.96. The summed E-state index contributed by atoms with van der Waals surface area (Å²) in [5.74, 6) is -2.06. The summed E-state index contributed by atoms with van der Waals surface area (Å²) in [6.07, 6.45) is 8.71. The first-order valence-corrected chi connectivity index (χ1v) is 17.5. The number of alkyl carbamates (subject to hydrolysis) is 1. The molecule has 2 aromatic carbocycles. The van der Waals surface area contributed by atoms with E-state index in [2.05, 4.69) is 23.3 Å². The molecule has 3 heterocycles. The summed E-state index contributed by atoms with van der Waals surface area (Å²) < 4.78 is 12.1. The molecule has 1 aromatic heterocycles. The molecule has 11 heteroatoms. The Morgan fingerprint density at radius 2 is 1.98 bits per heavy atom. The van der Waals surface area contributed by atoms with Crippen molar-refractivity contribution in [1.29, 1.82) is 0 Å². The number of amides is 3. The fourth-order valence-corrected chi connectivity index (χ4v) is 6.84. The van der Waals surface area contributed by atoms with Crippen LogP contribution in [-0.4, -0.2) is 75.7 Å². The van der Waals surface area contributed by atoms with Gasteiger partial charge in [-0.15, -0.1) is 6.58 Å². The number of aromatic nitrogens is 1. The molecule has 5 atom stereocenters. The largest absolute Gasteiger partial charge is 0.488 e. The van der Waals surface area contributed by atoms with Gasteiger partial charge in [0, 0.05) is 29.4 Å². The molecule has 1 aliphatic carbocycles. The fourth-order valence-electron chi connectivity index (χ4n) is 6.84. The molecule has 1 saturated heterocycles. The summed E-state index contributed by atoms with van der Waals surface area (Å²) in [5.41, 5.74) is 1.84. The van der Waals surface area contributed by atoms with Gasteiger partial charge < -0.3 is 30.1 Å². The molecule has 0 unspecified atom stereocenters. The van der Waals surface area contributed by atoms with Crippen LogP contribution in [0.5, 0.6) is 5.75 Å². The van der Waals surface area contributed by atoms with Crippen LogP contribution in [0.4, 0.5) is 4.79 Å². The molecule has 4 bridgehead atoms. The first-order valence-electron chi connectivity index (χ1n) is 17.5. The Bertz CT molecular complexity index is 1790. The lowest BCUT2D eigenvalue weighted by atomic mass is 10.1. The minimum Gasteiger partial charge on any atom is -0.488 e. The van der Waals surface area contributed by atoms with Gasteiger partial charge in [0.25, 0.3) is 0 Å². The lowest BCUT2D eigenvalue weighted by Gasteiger charge is -2.29. The van der Waals surface area contributed by atoms with E-state index < -0.39 is 53.5 Å². The Kier molecular flexibility index (Phi) is 10.5. The summed E-state index contributed by atoms with van der Waals surface area (Å²) in [5, 5.41) is 16.3. The molecule has 50 heavy (non-hydrogen) atoms. The van der Waals surface area contributed by atoms with E-state index in [1.807, 2.05) is 67.6 Å². The lowest BCUT2D eigenvalue weighted by molar-refractivity contribution is -0.145. The standard InChI is InChI=1S/C39H44N4O7/c1-3-5-16-31-36(45)43-24-28(21-33(43)35(44)42-39(37(46)47)23-27(39)4-2)50-34-22-32(26-14-10-8-11-15-26)40-30-18-17-25(20-29(30)34)13-9-6-7-12-19-49-38(48)41-31/h4,8-11,13-15,17-18,20,22,27-28,31,33H,2-3,5-7,12,16,19,21,23-24H2,1H3,(H,41,48)(H,42,44)(H,46,47)/b13-9-/t27-,28-,31+,33+,39-/m1/s1. The number of carboxylic acids is 1. The number of nitrogens with zero attached hydrogens (tertiary/aromatic N) is 2. The summed E-state index contributed by atoms with van der Waals surface area (Å²) in [4.78, 5) is 59.7. The molecule has 2 fully saturated rings. The molecule has 6 rings (SSSR count). The van der Waals surface area contributed by atoms with E-state index >= 15 is 0 Å². The number of aliphatic carboxylic acids is 1. The maximum atomic E-state index is 14.3. The number of unbranched alkanes of at least 4 members (excludes halogenated alkanes) is 1. The molecule has 11 nitrogen and oxygen atoms in total. The van der Waals surface area contributed by atoms with Gasteiger partial charge in [-0.25, -0.2) is 14.6 Å². The van der Waals surface area contributed by atoms with E-state index in [0.29, 0.717) is 30.7 Å². The molecule has 1 saturated carbocycles. The molecule has 0 spiro atoms. The number of carboxylic acid groups (broad SMARTS) is 1. The molecular formula is C39H44N4O7. The molecule has 3 N–H and O–H groups in total. The van der Waals surface area contributed by atoms with E-state index in [1.54, 1.807) is 0 Å². The molecule has 3 amide bonds. The Balaban J connectivity index is 1.39. The van der Waals surface area contributed by atoms with Crippen LogP contribution in [0.15, 0.2) is 73.3 Å². The van der Waals surface area contributed by atoms with E-state index in [9.17, 15) is 24.3 Å². The number of fused-ring (bicyclic) bond motifs is 3. The van der Waals surface area contributed by atoms with Crippen molar-refractivity contribution in [3.05, 3.63) is 78.9 Å². The molecule has 262 valence electrons. The quantitative estimate of drug-likeness (QED) is 0.250. The number of carbonyl (C=O) groups excluding carboxylic acids is 3. The number of ether oxygens (including phenoxy) is 2. The number of pyridine rings is 1. The maximum Gasteiger partial charge on any atom is 0.407 e. The van der Waals surface area contributed by atoms with Gasteiger partial charge in [-0.1, -0.05) is 74.4 Å². The zero-order valence-electron chi connectivity index (χ0n) is 28.3. The molecule has 3 aliphatic rings. The summed E-state index contributed by atoms with van der Waals surface area (Å²) in [6.45, 7) is 5.96. The van der Waals surface area contributed by atoms with Crippen molar-refractivity contribution < 1.29 is 33.8 Å². The molecule has 3 aromatic rings. The Hall–Kier alpha value is -5.19. The van der Waals surface area contributed by atoms with Crippen molar-refractivity contribution in [3.8, 4) is 17.0 Å². The van der Waals surface area contributed by atoms with Gasteiger partial charge in [-0.2, -0.15) is 0 Å². The van der Waals surface area contributed by atoms with Crippen molar-refractivity contribution in [2.45, 2.75) is 82.0 Å². The number of hydrogen-bond donors (Lipinski definition) is 3. The van der Waals surface area contributed by atoms with Crippen LogP contribution in [0, 0.1) is 5.92 Å². The van der Waals surface area contributed by atoms with Gasteiger partial charge >= 0.3 is 12.1 Å². The van der Waals surface area contributed by atoms with Gasteiger partial charge in [-0.3, -0.25) is 9.59 Å². The van der Waals surface area contributed by atoms with Crippen LogP contribution >= 0.6 is 0 Å². The summed E-state index contributed by atoms with van der Waals surface area (Å²) in [7, 11) is 0. The highest BCUT2D eigenvalue weighted by atomic mass is 16.5. The second-order valence-corrected chi connectivity index (χ2v) is 13.3. The summed E-state index contributed by atoms with van der Waals surface area (Å²) >= 11 is 0. The van der Waals surface area contributed by atoms with E-state index in [1.165, 1.54) is 11.0 Å². The second-order valence-electron chi connectivity index (χ2n) is 13.3. The first-order chi connectivity index (χ1) is 24.2. The van der Waals surface area contributed by atoms with Crippen molar-refractivity contribution in [2.75, 3.05) is 13.2 Å². The fraction of sp³-hybridized carbons (Fsp3) is 0.410. The predicted octanol–water partition coefficient (Wildman–Crippen LogP) is 5.88. The van der Waals surface area contributed by atoms with Crippen LogP contribution in [0.3, 0.4) is 0 Å². The molecule has 0 radical (unpaired) electrons. The van der Waals surface area contributed by atoms with Crippen molar-refractivity contribution in [2.24, 2.45) is 5.92 Å². The van der Waals surface area contributed by atoms with Gasteiger partial charge in [0.2, 0.25) is 11.8 Å². The summed E-state index contributed by atoms with van der Waals surface area (Å²) in [6, 6.07) is 15.6. The van der Waals surface area contributed by atoms with Crippen LogP contribution in [0.2, 0.25) is 0 Å². The SMILES string of the molecule is C=C[C@@H]1C[C@]1(NC(=O)[C@@H]1C[C@@H]2CN1C(=O)[C@H](CCCC)NC(=O)OCCCC/C=C\c1ccc3nc(-c4ccccc4)cc(c3c1)O2)C(=O)O. The van der Waals surface area contributed by atoms with Crippen molar-refractivity contribution >= 4 is 40.9 Å².